The van der Waals surface area contributed by atoms with Crippen LogP contribution >= 0.6 is 0 Å². The van der Waals surface area contributed by atoms with Crippen molar-refractivity contribution in [1.82, 2.24) is 20.1 Å². The highest BCUT2D eigenvalue weighted by atomic mass is 16.4. The van der Waals surface area contributed by atoms with Crippen LogP contribution < -0.4 is 5.32 Å². The maximum absolute atomic E-state index is 12.8. The van der Waals surface area contributed by atoms with Gasteiger partial charge in [0.2, 0.25) is 0 Å². The molecular formula is C17H20N4O3. The minimum absolute atomic E-state index is 0.0665. The smallest absolute Gasteiger partial charge is 0.306 e. The van der Waals surface area contributed by atoms with Crippen LogP contribution in [0.4, 0.5) is 0 Å². The van der Waals surface area contributed by atoms with Crippen molar-refractivity contribution >= 4 is 22.9 Å². The number of amides is 1. The van der Waals surface area contributed by atoms with Crippen LogP contribution in [0, 0.1) is 12.8 Å². The molecule has 0 radical (unpaired) electrons. The molecule has 2 fully saturated rings. The molecule has 0 spiro atoms. The molecule has 2 heterocycles. The molecule has 0 aromatic carbocycles. The van der Waals surface area contributed by atoms with E-state index < -0.39 is 5.97 Å². The summed E-state index contributed by atoms with van der Waals surface area (Å²) in [6.45, 7) is 1.88. The molecule has 0 bridgehead atoms. The van der Waals surface area contributed by atoms with Gasteiger partial charge in [0, 0.05) is 24.7 Å². The van der Waals surface area contributed by atoms with E-state index in [2.05, 4.69) is 10.4 Å². The average molecular weight is 328 g/mol. The zero-order valence-corrected chi connectivity index (χ0v) is 13.7. The van der Waals surface area contributed by atoms with E-state index in [4.69, 9.17) is 10.1 Å². The molecule has 0 unspecified atom stereocenters. The van der Waals surface area contributed by atoms with Crippen molar-refractivity contribution in [2.24, 2.45) is 13.0 Å². The van der Waals surface area contributed by atoms with Crippen LogP contribution in [0.25, 0.3) is 11.0 Å². The Morgan fingerprint density at radius 1 is 1.33 bits per heavy atom. The minimum Gasteiger partial charge on any atom is -0.481 e. The lowest BCUT2D eigenvalue weighted by Gasteiger charge is -2.32. The number of aromatic nitrogens is 3. The fourth-order valence-corrected chi connectivity index (χ4v) is 3.43. The summed E-state index contributed by atoms with van der Waals surface area (Å²) in [4.78, 5) is 28.4. The number of hydrogen-bond acceptors (Lipinski definition) is 4. The lowest BCUT2D eigenvalue weighted by molar-refractivity contribution is -0.145. The predicted octanol–water partition coefficient (Wildman–Crippen LogP) is 1.75. The zero-order chi connectivity index (χ0) is 17.0. The average Bonchev–Trinajstić information content (AvgIpc) is 3.29. The van der Waals surface area contributed by atoms with Crippen LogP contribution in [0.2, 0.25) is 0 Å². The number of pyridine rings is 1. The van der Waals surface area contributed by atoms with Crippen molar-refractivity contribution in [1.29, 1.82) is 0 Å². The highest BCUT2D eigenvalue weighted by molar-refractivity contribution is 6.06. The van der Waals surface area contributed by atoms with Gasteiger partial charge in [0.25, 0.3) is 5.91 Å². The third-order valence-electron chi connectivity index (χ3n) is 5.05. The number of carboxylic acids is 1. The number of aryl methyl sites for hydroxylation is 2. The molecule has 2 aliphatic rings. The van der Waals surface area contributed by atoms with Crippen LogP contribution in [-0.2, 0) is 11.8 Å². The van der Waals surface area contributed by atoms with E-state index in [1.54, 1.807) is 4.68 Å². The number of fused-ring (bicyclic) bond motifs is 1. The SMILES string of the molecule is Cc1nn(C)c2nc(C3CC3)cc(C(=O)NC3CC(C(=O)O)C3)c12. The van der Waals surface area contributed by atoms with E-state index in [0.29, 0.717) is 24.3 Å². The van der Waals surface area contributed by atoms with Crippen LogP contribution in [-0.4, -0.2) is 37.8 Å². The topological polar surface area (TPSA) is 97.1 Å². The first-order valence-electron chi connectivity index (χ1n) is 8.32. The number of hydrogen-bond donors (Lipinski definition) is 2. The first-order valence-corrected chi connectivity index (χ1v) is 8.32. The fraction of sp³-hybridized carbons (Fsp3) is 0.529. The Morgan fingerprint density at radius 3 is 2.67 bits per heavy atom. The number of rotatable bonds is 4. The molecular weight excluding hydrogens is 308 g/mol. The van der Waals surface area contributed by atoms with Crippen molar-refractivity contribution < 1.29 is 14.7 Å². The van der Waals surface area contributed by atoms with Gasteiger partial charge in [-0.05, 0) is 38.7 Å². The Kier molecular flexibility index (Phi) is 3.33. The quantitative estimate of drug-likeness (QED) is 0.891. The highest BCUT2D eigenvalue weighted by Gasteiger charge is 2.36. The molecule has 2 aliphatic carbocycles. The zero-order valence-electron chi connectivity index (χ0n) is 13.7. The third kappa shape index (κ3) is 2.44. The Bertz CT molecular complexity index is 847. The van der Waals surface area contributed by atoms with Gasteiger partial charge in [0.1, 0.15) is 0 Å². The van der Waals surface area contributed by atoms with Gasteiger partial charge in [0.15, 0.2) is 5.65 Å². The first-order chi connectivity index (χ1) is 11.4. The lowest BCUT2D eigenvalue weighted by Crippen LogP contribution is -2.46. The van der Waals surface area contributed by atoms with Crippen molar-refractivity contribution in [3.8, 4) is 0 Å². The Hall–Kier alpha value is -2.44. The molecule has 1 amide bonds. The summed E-state index contributed by atoms with van der Waals surface area (Å²) in [7, 11) is 1.84. The van der Waals surface area contributed by atoms with Crippen LogP contribution in [0.1, 0.15) is 53.3 Å². The molecule has 2 aromatic rings. The Labute approximate surface area is 139 Å². The van der Waals surface area contributed by atoms with Gasteiger partial charge in [-0.15, -0.1) is 0 Å². The van der Waals surface area contributed by atoms with Crippen molar-refractivity contribution in [2.45, 2.75) is 44.6 Å². The van der Waals surface area contributed by atoms with Gasteiger partial charge in [0.05, 0.1) is 22.6 Å². The van der Waals surface area contributed by atoms with Gasteiger partial charge in [-0.2, -0.15) is 5.10 Å². The second-order valence-corrected chi connectivity index (χ2v) is 6.95. The minimum atomic E-state index is -0.786. The number of nitrogens with zero attached hydrogens (tertiary/aromatic N) is 3. The number of nitrogens with one attached hydrogen (secondary N) is 1. The number of carboxylic acid groups (broad SMARTS) is 1. The van der Waals surface area contributed by atoms with E-state index in [1.807, 2.05) is 20.0 Å². The van der Waals surface area contributed by atoms with Crippen molar-refractivity contribution in [3.05, 3.63) is 23.0 Å². The molecule has 24 heavy (non-hydrogen) atoms. The highest BCUT2D eigenvalue weighted by Crippen LogP contribution is 2.40. The fourth-order valence-electron chi connectivity index (χ4n) is 3.43. The van der Waals surface area contributed by atoms with E-state index in [9.17, 15) is 9.59 Å². The van der Waals surface area contributed by atoms with Gasteiger partial charge < -0.3 is 10.4 Å². The summed E-state index contributed by atoms with van der Waals surface area (Å²) >= 11 is 0. The second kappa shape index (κ2) is 5.29. The molecule has 4 rings (SSSR count). The van der Waals surface area contributed by atoms with E-state index >= 15 is 0 Å². The molecule has 7 nitrogen and oxygen atoms in total. The molecule has 2 N–H and O–H groups in total. The molecule has 7 heteroatoms. The monoisotopic (exact) mass is 328 g/mol. The first kappa shape index (κ1) is 15.1. The lowest BCUT2D eigenvalue weighted by atomic mass is 9.80. The summed E-state index contributed by atoms with van der Waals surface area (Å²) < 4.78 is 1.72. The van der Waals surface area contributed by atoms with Crippen molar-refractivity contribution in [2.75, 3.05) is 0 Å². The molecule has 0 atom stereocenters. The predicted molar refractivity (Wildman–Crippen MR) is 86.8 cm³/mol. The van der Waals surface area contributed by atoms with Crippen LogP contribution in [0.5, 0.6) is 0 Å². The summed E-state index contributed by atoms with van der Waals surface area (Å²) in [5.41, 5.74) is 3.07. The molecule has 126 valence electrons. The number of carbonyl (C=O) groups excluding carboxylic acids is 1. The van der Waals surface area contributed by atoms with Crippen LogP contribution in [0.3, 0.4) is 0 Å². The van der Waals surface area contributed by atoms with E-state index in [0.717, 1.165) is 35.3 Å². The maximum Gasteiger partial charge on any atom is 0.306 e. The second-order valence-electron chi connectivity index (χ2n) is 6.95. The molecule has 0 saturated heterocycles. The molecule has 0 aliphatic heterocycles. The van der Waals surface area contributed by atoms with Gasteiger partial charge >= 0.3 is 5.97 Å². The molecule has 2 aromatic heterocycles. The molecule has 2 saturated carbocycles. The van der Waals surface area contributed by atoms with Gasteiger partial charge in [-0.25, -0.2) is 4.98 Å². The van der Waals surface area contributed by atoms with E-state index in [1.165, 1.54) is 0 Å². The largest absolute Gasteiger partial charge is 0.481 e. The summed E-state index contributed by atoms with van der Waals surface area (Å²) in [5.74, 6) is -0.841. The Balaban J connectivity index is 1.65. The van der Waals surface area contributed by atoms with E-state index in [-0.39, 0.29) is 17.9 Å². The maximum atomic E-state index is 12.8. The van der Waals surface area contributed by atoms with Gasteiger partial charge in [-0.3, -0.25) is 14.3 Å². The normalized spacial score (nSPS) is 23.1. The van der Waals surface area contributed by atoms with Gasteiger partial charge in [-0.1, -0.05) is 0 Å². The number of carbonyl (C=O) groups is 2. The summed E-state index contributed by atoms with van der Waals surface area (Å²) in [6, 6.07) is 1.82. The number of aliphatic carboxylic acids is 1. The standard InChI is InChI=1S/C17H20N4O3/c1-8-14-12(16(22)18-11-5-10(6-11)17(23)24)7-13(9-3-4-9)19-15(14)21(2)20-8/h7,9-11H,3-6H2,1-2H3,(H,18,22)(H,23,24). The van der Waals surface area contributed by atoms with Crippen molar-refractivity contribution in [3.63, 3.8) is 0 Å². The summed E-state index contributed by atoms with van der Waals surface area (Å²) in [6.07, 6.45) is 3.21. The summed E-state index contributed by atoms with van der Waals surface area (Å²) in [5, 5.41) is 17.1. The Morgan fingerprint density at radius 2 is 2.04 bits per heavy atom. The van der Waals surface area contributed by atoms with Crippen LogP contribution in [0.15, 0.2) is 6.07 Å². The third-order valence-corrected chi connectivity index (χ3v) is 5.05.